The van der Waals surface area contributed by atoms with Gasteiger partial charge in [-0.25, -0.2) is 0 Å². The largest absolute Gasteiger partial charge is 0.325 e. The normalized spacial score (nSPS) is 22.9. The van der Waals surface area contributed by atoms with Gasteiger partial charge in [0.05, 0.1) is 6.54 Å². The average Bonchev–Trinajstić information content (AvgIpc) is 2.92. The zero-order valence-electron chi connectivity index (χ0n) is 9.16. The van der Waals surface area contributed by atoms with Gasteiger partial charge in [-0.2, -0.15) is 0 Å². The molecular weight excluding hydrogens is 268 g/mol. The van der Waals surface area contributed by atoms with Gasteiger partial charge in [0.15, 0.2) is 0 Å². The summed E-state index contributed by atoms with van der Waals surface area (Å²) in [4.78, 5) is 11.6. The highest BCUT2D eigenvalue weighted by Crippen LogP contribution is 2.28. The molecule has 0 radical (unpaired) electrons. The third-order valence-corrected chi connectivity index (χ3v) is 3.24. The number of carbonyl (C=O) groups is 1. The van der Waals surface area contributed by atoms with Gasteiger partial charge in [0, 0.05) is 16.2 Å². The molecule has 3 nitrogen and oxygen atoms in total. The molecule has 4 heteroatoms. The topological polar surface area (TPSA) is 41.1 Å². The minimum atomic E-state index is 0.0113. The van der Waals surface area contributed by atoms with Crippen LogP contribution in [-0.2, 0) is 4.79 Å². The van der Waals surface area contributed by atoms with Gasteiger partial charge in [-0.15, -0.1) is 0 Å². The predicted molar refractivity (Wildman–Crippen MR) is 68.3 cm³/mol. The second-order valence-electron chi connectivity index (χ2n) is 4.26. The van der Waals surface area contributed by atoms with Crippen LogP contribution in [0.25, 0.3) is 0 Å². The van der Waals surface area contributed by atoms with Crippen molar-refractivity contribution in [3.63, 3.8) is 0 Å². The van der Waals surface area contributed by atoms with Crippen LogP contribution in [0.3, 0.4) is 0 Å². The fourth-order valence-corrected chi connectivity index (χ4v) is 2.00. The zero-order chi connectivity index (χ0) is 11.5. The van der Waals surface area contributed by atoms with Gasteiger partial charge in [-0.05, 0) is 30.5 Å². The molecule has 0 spiro atoms. The van der Waals surface area contributed by atoms with Crippen molar-refractivity contribution in [1.82, 2.24) is 5.32 Å². The Morgan fingerprint density at radius 3 is 2.94 bits per heavy atom. The number of hydrogen-bond acceptors (Lipinski definition) is 2. The molecule has 1 amide bonds. The summed E-state index contributed by atoms with van der Waals surface area (Å²) in [7, 11) is 0. The molecule has 1 aliphatic carbocycles. The lowest BCUT2D eigenvalue weighted by Gasteiger charge is -2.06. The van der Waals surface area contributed by atoms with Gasteiger partial charge in [0.1, 0.15) is 0 Å². The highest BCUT2D eigenvalue weighted by Gasteiger charge is 2.32. The summed E-state index contributed by atoms with van der Waals surface area (Å²) in [5, 5.41) is 6.07. The van der Waals surface area contributed by atoms with Gasteiger partial charge < -0.3 is 10.6 Å². The van der Waals surface area contributed by atoms with Gasteiger partial charge in [0.25, 0.3) is 0 Å². The summed E-state index contributed by atoms with van der Waals surface area (Å²) < 4.78 is 0.967. The Bertz CT molecular complexity index is 394. The fourth-order valence-electron chi connectivity index (χ4n) is 1.60. The Balaban J connectivity index is 1.78. The standard InChI is InChI=1S/C12H15BrN2O/c1-8-5-11(8)14-7-12(16)15-10-4-2-3-9(13)6-10/h2-4,6,8,11,14H,5,7H2,1H3,(H,15,16). The number of nitrogens with one attached hydrogen (secondary N) is 2. The number of benzene rings is 1. The van der Waals surface area contributed by atoms with Crippen molar-refractivity contribution in [3.05, 3.63) is 28.7 Å². The Hall–Kier alpha value is -0.870. The molecule has 0 saturated heterocycles. The van der Waals surface area contributed by atoms with Crippen molar-refractivity contribution in [2.75, 3.05) is 11.9 Å². The maximum Gasteiger partial charge on any atom is 0.238 e. The summed E-state index contributed by atoms with van der Waals surface area (Å²) in [6.45, 7) is 2.57. The second kappa shape index (κ2) is 4.97. The van der Waals surface area contributed by atoms with Crippen molar-refractivity contribution >= 4 is 27.5 Å². The van der Waals surface area contributed by atoms with Crippen LogP contribution < -0.4 is 10.6 Å². The molecule has 0 heterocycles. The molecule has 2 atom stereocenters. The molecule has 2 unspecified atom stereocenters. The van der Waals surface area contributed by atoms with Crippen LogP contribution in [0.2, 0.25) is 0 Å². The van der Waals surface area contributed by atoms with Crippen molar-refractivity contribution in [2.24, 2.45) is 5.92 Å². The summed E-state index contributed by atoms with van der Waals surface area (Å²) in [5.41, 5.74) is 0.824. The number of amides is 1. The van der Waals surface area contributed by atoms with Crippen molar-refractivity contribution in [3.8, 4) is 0 Å². The third-order valence-electron chi connectivity index (χ3n) is 2.74. The smallest absolute Gasteiger partial charge is 0.238 e. The first-order valence-electron chi connectivity index (χ1n) is 5.44. The van der Waals surface area contributed by atoms with Crippen LogP contribution in [0.15, 0.2) is 28.7 Å². The third kappa shape index (κ3) is 3.32. The van der Waals surface area contributed by atoms with E-state index in [1.165, 1.54) is 6.42 Å². The van der Waals surface area contributed by atoms with E-state index in [0.717, 1.165) is 16.1 Å². The number of anilines is 1. The fraction of sp³-hybridized carbons (Fsp3) is 0.417. The first kappa shape index (κ1) is 11.6. The van der Waals surface area contributed by atoms with Crippen LogP contribution in [0.5, 0.6) is 0 Å². The second-order valence-corrected chi connectivity index (χ2v) is 5.17. The number of rotatable bonds is 4. The summed E-state index contributed by atoms with van der Waals surface area (Å²) in [6.07, 6.45) is 1.18. The molecule has 86 valence electrons. The Kier molecular flexibility index (Phi) is 3.61. The van der Waals surface area contributed by atoms with E-state index in [4.69, 9.17) is 0 Å². The van der Waals surface area contributed by atoms with Gasteiger partial charge in [-0.1, -0.05) is 28.9 Å². The molecule has 2 N–H and O–H groups in total. The highest BCUT2D eigenvalue weighted by atomic mass is 79.9. The zero-order valence-corrected chi connectivity index (χ0v) is 10.8. The molecule has 1 aromatic carbocycles. The molecule has 2 rings (SSSR count). The highest BCUT2D eigenvalue weighted by molar-refractivity contribution is 9.10. The quantitative estimate of drug-likeness (QED) is 0.890. The van der Waals surface area contributed by atoms with Gasteiger partial charge in [0.2, 0.25) is 5.91 Å². The van der Waals surface area contributed by atoms with Crippen LogP contribution >= 0.6 is 15.9 Å². The molecule has 16 heavy (non-hydrogen) atoms. The molecular formula is C12H15BrN2O. The molecule has 1 aromatic rings. The van der Waals surface area contributed by atoms with E-state index in [1.807, 2.05) is 24.3 Å². The lowest BCUT2D eigenvalue weighted by Crippen LogP contribution is -2.30. The van der Waals surface area contributed by atoms with Crippen molar-refractivity contribution in [2.45, 2.75) is 19.4 Å². The van der Waals surface area contributed by atoms with E-state index in [9.17, 15) is 4.79 Å². The SMILES string of the molecule is CC1CC1NCC(=O)Nc1cccc(Br)c1. The average molecular weight is 283 g/mol. The monoisotopic (exact) mass is 282 g/mol. The van der Waals surface area contributed by atoms with Crippen molar-refractivity contribution < 1.29 is 4.79 Å². The minimum Gasteiger partial charge on any atom is -0.325 e. The Labute approximate surface area is 104 Å². The summed E-state index contributed by atoms with van der Waals surface area (Å²) in [6, 6.07) is 8.13. The molecule has 0 aliphatic heterocycles. The van der Waals surface area contributed by atoms with E-state index in [-0.39, 0.29) is 5.91 Å². The van der Waals surface area contributed by atoms with Crippen molar-refractivity contribution in [1.29, 1.82) is 0 Å². The molecule has 0 bridgehead atoms. The van der Waals surface area contributed by atoms with Crippen LogP contribution in [-0.4, -0.2) is 18.5 Å². The molecule has 1 saturated carbocycles. The number of hydrogen-bond donors (Lipinski definition) is 2. The summed E-state index contributed by atoms with van der Waals surface area (Å²) >= 11 is 3.37. The maximum atomic E-state index is 11.6. The molecule has 1 aliphatic rings. The predicted octanol–water partition coefficient (Wildman–Crippen LogP) is 2.39. The van der Waals surface area contributed by atoms with Gasteiger partial charge in [-0.3, -0.25) is 4.79 Å². The summed E-state index contributed by atoms with van der Waals surface area (Å²) in [5.74, 6) is 0.732. The van der Waals surface area contributed by atoms with E-state index >= 15 is 0 Å². The Morgan fingerprint density at radius 1 is 1.56 bits per heavy atom. The molecule has 0 aromatic heterocycles. The van der Waals surface area contributed by atoms with Crippen LogP contribution in [0.1, 0.15) is 13.3 Å². The lowest BCUT2D eigenvalue weighted by atomic mass is 10.3. The minimum absolute atomic E-state index is 0.0113. The first-order chi connectivity index (χ1) is 7.65. The van der Waals surface area contributed by atoms with E-state index in [2.05, 4.69) is 33.5 Å². The van der Waals surface area contributed by atoms with E-state index in [1.54, 1.807) is 0 Å². The van der Waals surface area contributed by atoms with E-state index in [0.29, 0.717) is 12.6 Å². The maximum absolute atomic E-state index is 11.6. The molecule has 1 fully saturated rings. The van der Waals surface area contributed by atoms with Crippen LogP contribution in [0.4, 0.5) is 5.69 Å². The van der Waals surface area contributed by atoms with Gasteiger partial charge >= 0.3 is 0 Å². The lowest BCUT2D eigenvalue weighted by molar-refractivity contribution is -0.115. The Morgan fingerprint density at radius 2 is 2.31 bits per heavy atom. The number of halogens is 1. The number of carbonyl (C=O) groups excluding carboxylic acids is 1. The van der Waals surface area contributed by atoms with E-state index < -0.39 is 0 Å². The first-order valence-corrected chi connectivity index (χ1v) is 6.23. The van der Waals surface area contributed by atoms with Crippen LogP contribution in [0, 0.1) is 5.92 Å².